The molecule has 160 valence electrons. The molecule has 2 heterocycles. The second-order valence-corrected chi connectivity index (χ2v) is 8.70. The molecule has 0 radical (unpaired) electrons. The summed E-state index contributed by atoms with van der Waals surface area (Å²) < 4.78 is 6.21. The molecular formula is C27H36N2O. The van der Waals surface area contributed by atoms with Gasteiger partial charge in [0.15, 0.2) is 0 Å². The number of piperidine rings is 2. The van der Waals surface area contributed by atoms with Crippen molar-refractivity contribution in [3.8, 4) is 5.75 Å². The van der Waals surface area contributed by atoms with Crippen LogP contribution in [-0.4, -0.2) is 49.1 Å². The van der Waals surface area contributed by atoms with Crippen molar-refractivity contribution in [2.75, 3.05) is 39.3 Å². The van der Waals surface area contributed by atoms with Gasteiger partial charge in [0.1, 0.15) is 5.75 Å². The molecule has 0 aromatic heterocycles. The Balaban J connectivity index is 1.23. The molecule has 2 aromatic rings. The van der Waals surface area contributed by atoms with Crippen LogP contribution in [0.5, 0.6) is 5.75 Å². The fourth-order valence-electron chi connectivity index (χ4n) is 4.60. The number of likely N-dealkylation sites (tertiary alicyclic amines) is 2. The van der Waals surface area contributed by atoms with E-state index < -0.39 is 0 Å². The van der Waals surface area contributed by atoms with Crippen molar-refractivity contribution in [2.24, 2.45) is 0 Å². The molecule has 2 aromatic carbocycles. The number of hydrogen-bond acceptors (Lipinski definition) is 3. The first-order chi connectivity index (χ1) is 14.9. The van der Waals surface area contributed by atoms with Crippen molar-refractivity contribution in [2.45, 2.75) is 45.1 Å². The Hall–Kier alpha value is -2.10. The number of nitrogens with zero attached hydrogens (tertiary/aromatic N) is 2. The Morgan fingerprint density at radius 1 is 0.767 bits per heavy atom. The van der Waals surface area contributed by atoms with E-state index in [0.29, 0.717) is 0 Å². The highest BCUT2D eigenvalue weighted by Gasteiger charge is 2.16. The number of rotatable bonds is 8. The zero-order valence-electron chi connectivity index (χ0n) is 18.3. The predicted molar refractivity (Wildman–Crippen MR) is 126 cm³/mol. The molecule has 0 bridgehead atoms. The second kappa shape index (κ2) is 11.3. The van der Waals surface area contributed by atoms with Crippen molar-refractivity contribution in [1.82, 2.24) is 9.80 Å². The average Bonchev–Trinajstić information content (AvgIpc) is 2.80. The average molecular weight is 405 g/mol. The second-order valence-electron chi connectivity index (χ2n) is 8.70. The Morgan fingerprint density at radius 2 is 1.50 bits per heavy atom. The summed E-state index contributed by atoms with van der Waals surface area (Å²) in [5.74, 6) is 1.07. The van der Waals surface area contributed by atoms with Gasteiger partial charge in [0.2, 0.25) is 0 Å². The first kappa shape index (κ1) is 21.1. The number of hydrogen-bond donors (Lipinski definition) is 0. The first-order valence-electron chi connectivity index (χ1n) is 11.8. The van der Waals surface area contributed by atoms with Gasteiger partial charge < -0.3 is 9.64 Å². The van der Waals surface area contributed by atoms with Gasteiger partial charge in [0.25, 0.3) is 0 Å². The van der Waals surface area contributed by atoms with E-state index >= 15 is 0 Å². The van der Waals surface area contributed by atoms with Crippen molar-refractivity contribution >= 4 is 6.08 Å². The lowest BCUT2D eigenvalue weighted by atomic mass is 10.0. The van der Waals surface area contributed by atoms with Gasteiger partial charge in [-0.3, -0.25) is 4.90 Å². The summed E-state index contributed by atoms with van der Waals surface area (Å²) >= 11 is 0. The van der Waals surface area contributed by atoms with Gasteiger partial charge >= 0.3 is 0 Å². The summed E-state index contributed by atoms with van der Waals surface area (Å²) in [7, 11) is 0. The molecule has 0 atom stereocenters. The topological polar surface area (TPSA) is 15.7 Å². The van der Waals surface area contributed by atoms with E-state index in [9.17, 15) is 0 Å². The minimum atomic E-state index is 0.817. The summed E-state index contributed by atoms with van der Waals surface area (Å²) in [4.78, 5) is 5.16. The first-order valence-corrected chi connectivity index (χ1v) is 11.8. The molecule has 3 heteroatoms. The van der Waals surface area contributed by atoms with Gasteiger partial charge in [-0.25, -0.2) is 0 Å². The van der Waals surface area contributed by atoms with Crippen molar-refractivity contribution in [3.63, 3.8) is 0 Å². The Labute approximate surface area is 182 Å². The van der Waals surface area contributed by atoms with Crippen molar-refractivity contribution in [1.29, 1.82) is 0 Å². The van der Waals surface area contributed by atoms with Crippen LogP contribution in [0.3, 0.4) is 0 Å². The van der Waals surface area contributed by atoms with Gasteiger partial charge in [-0.15, -0.1) is 0 Å². The van der Waals surface area contributed by atoms with E-state index in [0.717, 1.165) is 51.3 Å². The van der Waals surface area contributed by atoms with Crippen LogP contribution in [0, 0.1) is 0 Å². The monoisotopic (exact) mass is 404 g/mol. The summed E-state index contributed by atoms with van der Waals surface area (Å²) in [5, 5.41) is 0. The van der Waals surface area contributed by atoms with Crippen LogP contribution >= 0.6 is 0 Å². The summed E-state index contributed by atoms with van der Waals surface area (Å²) in [6, 6.07) is 19.3. The fraction of sp³-hybridized carbons (Fsp3) is 0.481. The van der Waals surface area contributed by atoms with E-state index in [2.05, 4.69) is 70.5 Å². The third-order valence-electron chi connectivity index (χ3n) is 6.36. The number of para-hydroxylation sites is 1. The molecule has 30 heavy (non-hydrogen) atoms. The Morgan fingerprint density at radius 3 is 2.30 bits per heavy atom. The van der Waals surface area contributed by atoms with Crippen LogP contribution < -0.4 is 4.74 Å². The normalized spacial score (nSPS) is 18.3. The van der Waals surface area contributed by atoms with Gasteiger partial charge in [-0.05, 0) is 56.8 Å². The zero-order valence-corrected chi connectivity index (χ0v) is 18.3. The molecule has 3 nitrogen and oxygen atoms in total. The highest BCUT2D eigenvalue weighted by atomic mass is 16.5. The maximum absolute atomic E-state index is 6.21. The third-order valence-corrected chi connectivity index (χ3v) is 6.36. The zero-order chi connectivity index (χ0) is 20.4. The highest BCUT2D eigenvalue weighted by Crippen LogP contribution is 2.24. The molecule has 2 saturated heterocycles. The van der Waals surface area contributed by atoms with Crippen LogP contribution in [0.15, 0.2) is 60.2 Å². The molecule has 2 aliphatic heterocycles. The number of ether oxygens (including phenoxy) is 1. The SMILES string of the molecule is C(=C1CCN(Cc2ccccc2OCCCN2CCCCC2)CC1)c1ccccc1. The molecule has 0 spiro atoms. The molecular weight excluding hydrogens is 368 g/mol. The smallest absolute Gasteiger partial charge is 0.123 e. The predicted octanol–water partition coefficient (Wildman–Crippen LogP) is 5.62. The van der Waals surface area contributed by atoms with Gasteiger partial charge in [0, 0.05) is 31.7 Å². The fourth-order valence-corrected chi connectivity index (χ4v) is 4.60. The van der Waals surface area contributed by atoms with Crippen LogP contribution in [0.4, 0.5) is 0 Å². The maximum Gasteiger partial charge on any atom is 0.123 e. The minimum Gasteiger partial charge on any atom is -0.493 e. The largest absolute Gasteiger partial charge is 0.493 e. The van der Waals surface area contributed by atoms with E-state index in [1.54, 1.807) is 5.57 Å². The molecule has 0 amide bonds. The molecule has 0 aliphatic carbocycles. The lowest BCUT2D eigenvalue weighted by molar-refractivity contribution is 0.202. The van der Waals surface area contributed by atoms with Gasteiger partial charge in [-0.1, -0.05) is 66.6 Å². The van der Waals surface area contributed by atoms with Crippen LogP contribution in [0.1, 0.15) is 49.7 Å². The van der Waals surface area contributed by atoms with Gasteiger partial charge in [0.05, 0.1) is 6.61 Å². The lowest BCUT2D eigenvalue weighted by Gasteiger charge is -2.29. The Bertz CT molecular complexity index is 786. The van der Waals surface area contributed by atoms with E-state index in [-0.39, 0.29) is 0 Å². The molecule has 0 N–H and O–H groups in total. The van der Waals surface area contributed by atoms with E-state index in [1.807, 2.05) is 0 Å². The highest BCUT2D eigenvalue weighted by molar-refractivity contribution is 5.52. The van der Waals surface area contributed by atoms with Crippen LogP contribution in [0.25, 0.3) is 6.08 Å². The van der Waals surface area contributed by atoms with Crippen LogP contribution in [-0.2, 0) is 6.54 Å². The Kier molecular flexibility index (Phi) is 7.99. The van der Waals surface area contributed by atoms with E-state index in [1.165, 1.54) is 50.0 Å². The lowest BCUT2D eigenvalue weighted by Crippen LogP contribution is -2.31. The molecule has 2 fully saturated rings. The quantitative estimate of drug-likeness (QED) is 0.531. The number of benzene rings is 2. The van der Waals surface area contributed by atoms with Gasteiger partial charge in [-0.2, -0.15) is 0 Å². The molecule has 4 rings (SSSR count). The van der Waals surface area contributed by atoms with Crippen LogP contribution in [0.2, 0.25) is 0 Å². The third kappa shape index (κ3) is 6.45. The van der Waals surface area contributed by atoms with Crippen molar-refractivity contribution < 1.29 is 4.74 Å². The molecule has 2 aliphatic rings. The van der Waals surface area contributed by atoms with E-state index in [4.69, 9.17) is 4.74 Å². The summed E-state index contributed by atoms with van der Waals surface area (Å²) in [6.07, 6.45) is 9.94. The summed E-state index contributed by atoms with van der Waals surface area (Å²) in [5.41, 5.74) is 4.22. The summed E-state index contributed by atoms with van der Waals surface area (Å²) in [6.45, 7) is 7.77. The maximum atomic E-state index is 6.21. The standard InChI is InChI=1S/C27H36N2O/c1-3-10-24(11-4-1)22-25-14-19-29(20-15-25)23-26-12-5-6-13-27(26)30-21-9-18-28-16-7-2-8-17-28/h1,3-6,10-13,22H,2,7-9,14-21,23H2. The molecule has 0 saturated carbocycles. The van der Waals surface area contributed by atoms with Crippen molar-refractivity contribution in [3.05, 3.63) is 71.3 Å². The molecule has 0 unspecified atom stereocenters. The minimum absolute atomic E-state index is 0.817.